The van der Waals surface area contributed by atoms with Crippen LogP contribution >= 0.6 is 0 Å². The molecule has 0 unspecified atom stereocenters. The Balaban J connectivity index is 0. The fourth-order valence-electron chi connectivity index (χ4n) is 0.596. The van der Waals surface area contributed by atoms with Crippen LogP contribution in [0.4, 0.5) is 11.4 Å². The third-order valence-corrected chi connectivity index (χ3v) is 1.10. The number of benzene rings is 1. The van der Waals surface area contributed by atoms with E-state index in [0.717, 1.165) is 0 Å². The molecule has 0 fully saturated rings. The summed E-state index contributed by atoms with van der Waals surface area (Å²) in [5.41, 5.74) is 5.90. The van der Waals surface area contributed by atoms with E-state index in [1.165, 1.54) is 24.3 Å². The number of anilines is 1. The van der Waals surface area contributed by atoms with Crippen molar-refractivity contribution in [3.05, 3.63) is 34.4 Å². The largest absolute Gasteiger partial charge is 0.554 e. The summed E-state index contributed by atoms with van der Waals surface area (Å²) in [5, 5.41) is 18.3. The SMILES string of the molecule is Nc1ccc([N+](=O)[O-])cc1.O=C[O-].[NH4+]. The lowest BCUT2D eigenvalue weighted by molar-refractivity contribution is -0.384. The lowest BCUT2D eigenvalue weighted by Gasteiger charge is -1.90. The van der Waals surface area contributed by atoms with Crippen LogP contribution in [0.5, 0.6) is 0 Å². The maximum Gasteiger partial charge on any atom is 0.269 e. The molecule has 0 atom stereocenters. The summed E-state index contributed by atoms with van der Waals surface area (Å²) in [6.45, 7) is -0.500. The molecule has 1 rings (SSSR count). The number of carboxylic acid groups (broad SMARTS) is 1. The number of carbonyl (C=O) groups is 1. The Morgan fingerprint density at radius 2 is 1.64 bits per heavy atom. The molecule has 0 aliphatic carbocycles. The quantitative estimate of drug-likeness (QED) is 0.282. The van der Waals surface area contributed by atoms with Crippen LogP contribution in [-0.2, 0) is 4.79 Å². The smallest absolute Gasteiger partial charge is 0.269 e. The molecule has 0 bridgehead atoms. The number of quaternary nitrogens is 1. The van der Waals surface area contributed by atoms with Crippen molar-refractivity contribution in [2.24, 2.45) is 0 Å². The highest BCUT2D eigenvalue weighted by Crippen LogP contribution is 2.11. The molecule has 0 radical (unpaired) electrons. The van der Waals surface area contributed by atoms with E-state index in [1.807, 2.05) is 0 Å². The summed E-state index contributed by atoms with van der Waals surface area (Å²) in [4.78, 5) is 17.9. The summed E-state index contributed by atoms with van der Waals surface area (Å²) in [7, 11) is 0. The molecule has 1 aromatic carbocycles. The fraction of sp³-hybridized carbons (Fsp3) is 0. The van der Waals surface area contributed by atoms with E-state index < -0.39 is 11.4 Å². The first-order chi connectivity index (χ1) is 6.11. The lowest BCUT2D eigenvalue weighted by atomic mass is 10.3. The number of rotatable bonds is 1. The molecule has 1 aromatic rings. The Morgan fingerprint density at radius 3 is 1.93 bits per heavy atom. The second kappa shape index (κ2) is 7.50. The maximum atomic E-state index is 10.1. The molecular formula is C7H11N3O4. The average molecular weight is 201 g/mol. The van der Waals surface area contributed by atoms with E-state index in [2.05, 4.69) is 0 Å². The van der Waals surface area contributed by atoms with Gasteiger partial charge in [-0.15, -0.1) is 0 Å². The minimum absolute atomic E-state index is 0. The number of hydrogen-bond donors (Lipinski definition) is 2. The third kappa shape index (κ3) is 5.49. The van der Waals surface area contributed by atoms with Gasteiger partial charge in [0.25, 0.3) is 5.69 Å². The van der Waals surface area contributed by atoms with Gasteiger partial charge in [-0.2, -0.15) is 0 Å². The highest BCUT2D eigenvalue weighted by Gasteiger charge is 2.00. The monoisotopic (exact) mass is 201 g/mol. The Kier molecular flexibility index (Phi) is 7.70. The van der Waals surface area contributed by atoms with Crippen LogP contribution in [0.2, 0.25) is 0 Å². The van der Waals surface area contributed by atoms with Crippen LogP contribution in [0.1, 0.15) is 0 Å². The van der Waals surface area contributed by atoms with Crippen molar-refractivity contribution >= 4 is 17.8 Å². The molecule has 0 aromatic heterocycles. The summed E-state index contributed by atoms with van der Waals surface area (Å²) in [6, 6.07) is 5.74. The predicted octanol–water partition coefficient (Wildman–Crippen LogP) is -0.0807. The Bertz CT molecular complexity index is 285. The Labute approximate surface area is 79.9 Å². The molecule has 0 saturated carbocycles. The third-order valence-electron chi connectivity index (χ3n) is 1.10. The number of nitro groups is 1. The second-order valence-electron chi connectivity index (χ2n) is 1.94. The van der Waals surface area contributed by atoms with Crippen molar-refractivity contribution in [1.29, 1.82) is 0 Å². The van der Waals surface area contributed by atoms with Crippen molar-refractivity contribution in [1.82, 2.24) is 6.15 Å². The first kappa shape index (κ1) is 14.4. The molecule has 7 heteroatoms. The normalized spacial score (nSPS) is 7.43. The molecular weight excluding hydrogens is 190 g/mol. The summed E-state index contributed by atoms with van der Waals surface area (Å²) >= 11 is 0. The van der Waals surface area contributed by atoms with Crippen LogP contribution in [-0.4, -0.2) is 11.4 Å². The molecule has 0 aliphatic heterocycles. The molecule has 7 nitrogen and oxygen atoms in total. The van der Waals surface area contributed by atoms with Gasteiger partial charge in [0, 0.05) is 24.3 Å². The van der Waals surface area contributed by atoms with Crippen LogP contribution in [0.3, 0.4) is 0 Å². The minimum Gasteiger partial charge on any atom is -0.554 e. The van der Waals surface area contributed by atoms with Gasteiger partial charge >= 0.3 is 0 Å². The van der Waals surface area contributed by atoms with Crippen molar-refractivity contribution < 1.29 is 14.8 Å². The fourth-order valence-corrected chi connectivity index (χ4v) is 0.596. The summed E-state index contributed by atoms with van der Waals surface area (Å²) in [6.07, 6.45) is 0. The number of nitrogens with two attached hydrogens (primary N) is 1. The van der Waals surface area contributed by atoms with Gasteiger partial charge in [0.05, 0.1) is 4.92 Å². The molecule has 0 heterocycles. The zero-order valence-corrected chi connectivity index (χ0v) is 7.54. The molecule has 0 aliphatic rings. The van der Waals surface area contributed by atoms with Gasteiger partial charge in [0.2, 0.25) is 0 Å². The molecule has 78 valence electrons. The van der Waals surface area contributed by atoms with E-state index in [9.17, 15) is 10.1 Å². The van der Waals surface area contributed by atoms with E-state index in [0.29, 0.717) is 5.69 Å². The molecule has 14 heavy (non-hydrogen) atoms. The van der Waals surface area contributed by atoms with Gasteiger partial charge in [0.15, 0.2) is 0 Å². The van der Waals surface area contributed by atoms with E-state index in [-0.39, 0.29) is 11.8 Å². The van der Waals surface area contributed by atoms with Gasteiger partial charge in [-0.05, 0) is 12.1 Å². The number of nitrogen functional groups attached to an aromatic ring is 1. The summed E-state index contributed by atoms with van der Waals surface area (Å²) in [5.74, 6) is 0. The van der Waals surface area contributed by atoms with Crippen molar-refractivity contribution in [3.63, 3.8) is 0 Å². The van der Waals surface area contributed by atoms with E-state index >= 15 is 0 Å². The molecule has 6 N–H and O–H groups in total. The number of nitro benzene ring substituents is 1. The highest BCUT2D eigenvalue weighted by atomic mass is 16.6. The molecule has 0 spiro atoms. The van der Waals surface area contributed by atoms with Gasteiger partial charge in [0.1, 0.15) is 0 Å². The minimum atomic E-state index is -0.500. The Morgan fingerprint density at radius 1 is 1.29 bits per heavy atom. The molecule has 0 amide bonds. The van der Waals surface area contributed by atoms with Crippen LogP contribution in [0, 0.1) is 10.1 Å². The van der Waals surface area contributed by atoms with Gasteiger partial charge in [-0.1, -0.05) is 0 Å². The second-order valence-corrected chi connectivity index (χ2v) is 1.94. The van der Waals surface area contributed by atoms with Gasteiger partial charge in [-0.25, -0.2) is 0 Å². The Hall–Kier alpha value is -2.15. The van der Waals surface area contributed by atoms with Crippen LogP contribution in [0.15, 0.2) is 24.3 Å². The number of hydrogen-bond acceptors (Lipinski definition) is 5. The van der Waals surface area contributed by atoms with Gasteiger partial charge in [-0.3, -0.25) is 10.1 Å². The number of nitrogens with zero attached hydrogens (tertiary/aromatic N) is 1. The number of non-ortho nitro benzene ring substituents is 1. The van der Waals surface area contributed by atoms with Gasteiger partial charge < -0.3 is 21.8 Å². The summed E-state index contributed by atoms with van der Waals surface area (Å²) < 4.78 is 0. The van der Waals surface area contributed by atoms with Crippen molar-refractivity contribution in [3.8, 4) is 0 Å². The lowest BCUT2D eigenvalue weighted by Crippen LogP contribution is -2.01. The highest BCUT2D eigenvalue weighted by molar-refractivity contribution is 5.44. The predicted molar refractivity (Wildman–Crippen MR) is 49.6 cm³/mol. The standard InChI is InChI=1S/C6H6N2O2.CH2O2.H3N/c7-5-1-3-6(4-2-5)8(9)10;2-1-3;/h1-4H,7H2;1H,(H,2,3);1H3. The zero-order valence-electron chi connectivity index (χ0n) is 7.54. The van der Waals surface area contributed by atoms with Crippen molar-refractivity contribution in [2.45, 2.75) is 0 Å². The zero-order chi connectivity index (χ0) is 10.3. The van der Waals surface area contributed by atoms with Crippen LogP contribution in [0.25, 0.3) is 0 Å². The van der Waals surface area contributed by atoms with E-state index in [4.69, 9.17) is 15.6 Å². The maximum absolute atomic E-state index is 10.1. The number of carbonyl (C=O) groups excluding carboxylic acids is 1. The van der Waals surface area contributed by atoms with Crippen LogP contribution < -0.4 is 17.0 Å². The average Bonchev–Trinajstić information content (AvgIpc) is 2.06. The topological polar surface area (TPSA) is 146 Å². The van der Waals surface area contributed by atoms with E-state index in [1.54, 1.807) is 0 Å². The van der Waals surface area contributed by atoms with Crippen molar-refractivity contribution in [2.75, 3.05) is 5.73 Å². The first-order valence-corrected chi connectivity index (χ1v) is 3.17. The molecule has 0 saturated heterocycles. The first-order valence-electron chi connectivity index (χ1n) is 3.17.